The van der Waals surface area contributed by atoms with Crippen LogP contribution in [0.2, 0.25) is 0 Å². The fraction of sp³-hybridized carbons (Fsp3) is 0. The van der Waals surface area contributed by atoms with Gasteiger partial charge in [-0.05, 0) is 0 Å². The van der Waals surface area contributed by atoms with E-state index in [1.54, 1.807) is 0 Å². The molecule has 0 fully saturated rings. The van der Waals surface area contributed by atoms with E-state index in [0.29, 0.717) is 0 Å². The van der Waals surface area contributed by atoms with Gasteiger partial charge in [-0.1, -0.05) is 0 Å². The average Bonchev–Trinajstić information content (AvgIpc) is 1.39. The molecule has 0 bridgehead atoms. The summed E-state index contributed by atoms with van der Waals surface area (Å²) in [6.07, 6.45) is 0. The SMILES string of the molecule is O=C[O-].O=C[O-].[In+3].[OH-]. The van der Waals surface area contributed by atoms with Gasteiger partial charge in [-0.25, -0.2) is 0 Å². The van der Waals surface area contributed by atoms with Gasteiger partial charge < -0.3 is 25.3 Å². The Hall–Kier alpha value is -0.230. The van der Waals surface area contributed by atoms with Gasteiger partial charge in [0.2, 0.25) is 0 Å². The molecule has 44 valence electrons. The van der Waals surface area contributed by atoms with E-state index in [-0.39, 0.29) is 31.3 Å². The van der Waals surface area contributed by atoms with Crippen molar-refractivity contribution in [3.05, 3.63) is 0 Å². The summed E-state index contributed by atoms with van der Waals surface area (Å²) in [5, 5.41) is 16.5. The molecule has 0 aliphatic carbocycles. The van der Waals surface area contributed by atoms with Crippen LogP contribution in [0, 0.1) is 0 Å². The molecule has 0 atom stereocenters. The first-order chi connectivity index (χ1) is 2.83. The van der Waals surface area contributed by atoms with Crippen LogP contribution in [0.3, 0.4) is 0 Å². The van der Waals surface area contributed by atoms with Crippen LogP contribution in [-0.2, 0) is 9.59 Å². The molecule has 8 heavy (non-hydrogen) atoms. The molecular weight excluding hydrogens is 219 g/mol. The third-order valence-electron chi connectivity index (χ3n) is 0. The Morgan fingerprint density at radius 3 is 1.00 bits per heavy atom. The first-order valence-electron chi connectivity index (χ1n) is 0.943. The molecule has 1 N–H and O–H groups in total. The summed E-state index contributed by atoms with van der Waals surface area (Å²) >= 11 is 0. The maximum atomic E-state index is 8.25. The van der Waals surface area contributed by atoms with E-state index < -0.39 is 12.9 Å². The molecule has 0 saturated heterocycles. The maximum Gasteiger partial charge on any atom is 3.00 e. The van der Waals surface area contributed by atoms with Crippen LogP contribution >= 0.6 is 0 Å². The minimum atomic E-state index is -0.500. The Bertz CT molecular complexity index is 31.4. The molecule has 0 rings (SSSR count). The van der Waals surface area contributed by atoms with Crippen molar-refractivity contribution in [3.63, 3.8) is 0 Å². The molecule has 0 heterocycles. The van der Waals surface area contributed by atoms with Gasteiger partial charge in [0.15, 0.2) is 0 Å². The Labute approximate surface area is 64.4 Å². The van der Waals surface area contributed by atoms with Crippen LogP contribution in [0.4, 0.5) is 0 Å². The Kier molecular flexibility index (Phi) is 225. The average molecular weight is 222 g/mol. The molecule has 6 heteroatoms. The summed E-state index contributed by atoms with van der Waals surface area (Å²) in [5.41, 5.74) is 0. The Morgan fingerprint density at radius 1 is 1.00 bits per heavy atom. The fourth-order valence-corrected chi connectivity index (χ4v) is 0. The summed E-state index contributed by atoms with van der Waals surface area (Å²) in [7, 11) is 0. The number of carbonyl (C=O) groups is 2. The molecule has 0 unspecified atom stereocenters. The van der Waals surface area contributed by atoms with E-state index in [4.69, 9.17) is 19.8 Å². The molecule has 0 spiro atoms. The van der Waals surface area contributed by atoms with Gasteiger partial charge in [-0.15, -0.1) is 0 Å². The molecule has 0 aromatic carbocycles. The molecule has 0 aliphatic heterocycles. The second-order valence-corrected chi connectivity index (χ2v) is 0.192. The van der Waals surface area contributed by atoms with Crippen molar-refractivity contribution in [2.75, 3.05) is 0 Å². The zero-order valence-electron chi connectivity index (χ0n) is 3.81. The van der Waals surface area contributed by atoms with Crippen molar-refractivity contribution in [2.45, 2.75) is 0 Å². The van der Waals surface area contributed by atoms with E-state index in [0.717, 1.165) is 0 Å². The minimum Gasteiger partial charge on any atom is -0.870 e. The summed E-state index contributed by atoms with van der Waals surface area (Å²) in [5.74, 6) is 0. The third kappa shape index (κ3) is 2480. The van der Waals surface area contributed by atoms with Crippen LogP contribution < -0.4 is 10.2 Å². The van der Waals surface area contributed by atoms with E-state index in [1.165, 1.54) is 0 Å². The van der Waals surface area contributed by atoms with Crippen molar-refractivity contribution in [1.82, 2.24) is 0 Å². The molecule has 0 aromatic heterocycles. The van der Waals surface area contributed by atoms with Crippen molar-refractivity contribution in [3.8, 4) is 0 Å². The number of hydrogen-bond acceptors (Lipinski definition) is 5. The maximum absolute atomic E-state index is 8.25. The summed E-state index contributed by atoms with van der Waals surface area (Å²) in [4.78, 5) is 16.5. The topological polar surface area (TPSA) is 110 Å². The quantitative estimate of drug-likeness (QED) is 0.390. The van der Waals surface area contributed by atoms with Gasteiger partial charge >= 0.3 is 25.8 Å². The van der Waals surface area contributed by atoms with Gasteiger partial charge in [0.1, 0.15) is 0 Å². The van der Waals surface area contributed by atoms with Gasteiger partial charge in [0, 0.05) is 12.9 Å². The summed E-state index contributed by atoms with van der Waals surface area (Å²) in [6, 6.07) is 0. The monoisotopic (exact) mass is 222 g/mol. The normalized spacial score (nSPS) is 3.00. The number of rotatable bonds is 0. The second kappa shape index (κ2) is 71.9. The molecule has 0 aromatic rings. The zero-order chi connectivity index (χ0) is 5.41. The first-order valence-corrected chi connectivity index (χ1v) is 0.943. The number of hydrogen-bond donors (Lipinski definition) is 0. The van der Waals surface area contributed by atoms with Crippen LogP contribution in [0.15, 0.2) is 0 Å². The first kappa shape index (κ1) is 25.1. The Morgan fingerprint density at radius 2 is 1.00 bits per heavy atom. The van der Waals surface area contributed by atoms with E-state index in [1.807, 2.05) is 0 Å². The summed E-state index contributed by atoms with van der Waals surface area (Å²) in [6.45, 7) is -1.00. The van der Waals surface area contributed by atoms with Gasteiger partial charge in [-0.2, -0.15) is 0 Å². The standard InChI is InChI=1S/2CH2O2.In.H2O/c2*2-1-3;;/h2*1H,(H,2,3);;1H2/q;;+3;/p-3. The third-order valence-corrected chi connectivity index (χ3v) is 0. The predicted octanol–water partition coefficient (Wildman–Crippen LogP) is -3.83. The predicted molar refractivity (Wildman–Crippen MR) is 19.8 cm³/mol. The van der Waals surface area contributed by atoms with Gasteiger partial charge in [0.05, 0.1) is 0 Å². The minimum absolute atomic E-state index is 0. The summed E-state index contributed by atoms with van der Waals surface area (Å²) < 4.78 is 0. The van der Waals surface area contributed by atoms with Crippen LogP contribution in [0.1, 0.15) is 0 Å². The Balaban J connectivity index is -0.0000000160. The van der Waals surface area contributed by atoms with Crippen molar-refractivity contribution in [2.24, 2.45) is 0 Å². The van der Waals surface area contributed by atoms with Crippen molar-refractivity contribution in [1.29, 1.82) is 0 Å². The molecule has 0 radical (unpaired) electrons. The largest absolute Gasteiger partial charge is 3.00 e. The number of carboxylic acid groups (broad SMARTS) is 2. The van der Waals surface area contributed by atoms with Crippen molar-refractivity contribution >= 4 is 38.8 Å². The van der Waals surface area contributed by atoms with Crippen molar-refractivity contribution < 1.29 is 25.3 Å². The van der Waals surface area contributed by atoms with E-state index in [9.17, 15) is 0 Å². The van der Waals surface area contributed by atoms with Gasteiger partial charge in [-0.3, -0.25) is 0 Å². The van der Waals surface area contributed by atoms with E-state index >= 15 is 0 Å². The molecular formula is C2H3InO5. The number of carbonyl (C=O) groups excluding carboxylic acids is 2. The fourth-order valence-electron chi connectivity index (χ4n) is 0. The van der Waals surface area contributed by atoms with Crippen LogP contribution in [0.5, 0.6) is 0 Å². The molecule has 0 amide bonds. The van der Waals surface area contributed by atoms with Crippen LogP contribution in [-0.4, -0.2) is 44.3 Å². The van der Waals surface area contributed by atoms with Gasteiger partial charge in [0.25, 0.3) is 0 Å². The molecule has 5 nitrogen and oxygen atoms in total. The van der Waals surface area contributed by atoms with E-state index in [2.05, 4.69) is 0 Å². The molecule has 0 saturated carbocycles. The zero-order valence-corrected chi connectivity index (χ0v) is 7.11. The smallest absolute Gasteiger partial charge is 0.870 e. The molecule has 0 aliphatic rings. The van der Waals surface area contributed by atoms with Crippen LogP contribution in [0.25, 0.3) is 0 Å². The second-order valence-electron chi connectivity index (χ2n) is 0.192.